The number of rotatable bonds is 4. The number of nitrogens with zero attached hydrogens (tertiary/aromatic N) is 1. The first-order valence-corrected chi connectivity index (χ1v) is 7.79. The van der Waals surface area contributed by atoms with Crippen LogP contribution in [0.15, 0.2) is 18.2 Å². The Morgan fingerprint density at radius 2 is 2.10 bits per heavy atom. The van der Waals surface area contributed by atoms with Crippen molar-refractivity contribution in [3.05, 3.63) is 23.8 Å². The molecule has 21 heavy (non-hydrogen) atoms. The lowest BCUT2D eigenvalue weighted by atomic mass is 9.95. The Balaban J connectivity index is 1.97. The predicted octanol–water partition coefficient (Wildman–Crippen LogP) is 2.88. The summed E-state index contributed by atoms with van der Waals surface area (Å²) in [5, 5.41) is 3.02. The molecule has 1 fully saturated rings. The van der Waals surface area contributed by atoms with Crippen LogP contribution in [0.25, 0.3) is 0 Å². The van der Waals surface area contributed by atoms with Crippen LogP contribution in [0.1, 0.15) is 32.8 Å². The number of likely N-dealkylation sites (tertiary alicyclic amines) is 1. The standard InChI is InChI=1S/C17H27N3O/c1-11(2)14-7-8-20(10-14)13(4)17(21)19-16-6-5-15(18)9-12(16)3/h5-6,9,11,13-14H,7-8,10,18H2,1-4H3,(H,19,21). The van der Waals surface area contributed by atoms with Crippen LogP contribution in [0, 0.1) is 18.8 Å². The highest BCUT2D eigenvalue weighted by Gasteiger charge is 2.30. The second-order valence-corrected chi connectivity index (χ2v) is 6.53. The highest BCUT2D eigenvalue weighted by molar-refractivity contribution is 5.95. The van der Waals surface area contributed by atoms with Crippen molar-refractivity contribution in [2.24, 2.45) is 11.8 Å². The first-order valence-electron chi connectivity index (χ1n) is 7.79. The summed E-state index contributed by atoms with van der Waals surface area (Å²) >= 11 is 0. The summed E-state index contributed by atoms with van der Waals surface area (Å²) in [6.45, 7) is 10.5. The number of nitrogen functional groups attached to an aromatic ring is 1. The summed E-state index contributed by atoms with van der Waals surface area (Å²) in [4.78, 5) is 14.7. The van der Waals surface area contributed by atoms with E-state index in [0.717, 1.165) is 30.0 Å². The first-order chi connectivity index (χ1) is 9.88. The van der Waals surface area contributed by atoms with Crippen LogP contribution in [-0.2, 0) is 4.79 Å². The van der Waals surface area contributed by atoms with Crippen molar-refractivity contribution >= 4 is 17.3 Å². The fourth-order valence-corrected chi connectivity index (χ4v) is 2.94. The monoisotopic (exact) mass is 289 g/mol. The molecule has 116 valence electrons. The van der Waals surface area contributed by atoms with E-state index in [1.165, 1.54) is 6.42 Å². The number of anilines is 2. The molecular formula is C17H27N3O. The molecule has 1 aliphatic heterocycles. The third-order valence-corrected chi connectivity index (χ3v) is 4.63. The zero-order valence-electron chi connectivity index (χ0n) is 13.5. The summed E-state index contributed by atoms with van der Waals surface area (Å²) in [5.41, 5.74) is 8.31. The highest BCUT2D eigenvalue weighted by atomic mass is 16.2. The van der Waals surface area contributed by atoms with Crippen molar-refractivity contribution < 1.29 is 4.79 Å². The van der Waals surface area contributed by atoms with E-state index in [-0.39, 0.29) is 11.9 Å². The molecule has 4 heteroatoms. The molecule has 1 aromatic carbocycles. The van der Waals surface area contributed by atoms with Crippen molar-refractivity contribution in [1.29, 1.82) is 0 Å². The van der Waals surface area contributed by atoms with Crippen LogP contribution in [0.3, 0.4) is 0 Å². The van der Waals surface area contributed by atoms with Gasteiger partial charge in [0.1, 0.15) is 0 Å². The molecule has 0 radical (unpaired) electrons. The van der Waals surface area contributed by atoms with E-state index in [4.69, 9.17) is 5.73 Å². The first kappa shape index (κ1) is 15.8. The van der Waals surface area contributed by atoms with Crippen LogP contribution in [0.5, 0.6) is 0 Å². The zero-order valence-corrected chi connectivity index (χ0v) is 13.5. The van der Waals surface area contributed by atoms with E-state index in [0.29, 0.717) is 11.8 Å². The number of hydrogen-bond donors (Lipinski definition) is 2. The molecule has 0 saturated carbocycles. The molecule has 2 rings (SSSR count). The Kier molecular flexibility index (Phi) is 4.88. The molecule has 0 bridgehead atoms. The highest BCUT2D eigenvalue weighted by Crippen LogP contribution is 2.25. The number of carbonyl (C=O) groups is 1. The molecule has 2 atom stereocenters. The topological polar surface area (TPSA) is 58.4 Å². The minimum atomic E-state index is -0.0919. The van der Waals surface area contributed by atoms with Gasteiger partial charge < -0.3 is 11.1 Å². The van der Waals surface area contributed by atoms with Crippen LogP contribution >= 0.6 is 0 Å². The normalized spacial score (nSPS) is 20.7. The third-order valence-electron chi connectivity index (χ3n) is 4.63. The second kappa shape index (κ2) is 6.48. The van der Waals surface area contributed by atoms with Gasteiger partial charge in [0.25, 0.3) is 0 Å². The molecule has 2 unspecified atom stereocenters. The molecule has 1 heterocycles. The van der Waals surface area contributed by atoms with Gasteiger partial charge in [0, 0.05) is 17.9 Å². The predicted molar refractivity (Wildman–Crippen MR) is 88.2 cm³/mol. The molecule has 0 aliphatic carbocycles. The lowest BCUT2D eigenvalue weighted by Gasteiger charge is -2.24. The van der Waals surface area contributed by atoms with Gasteiger partial charge >= 0.3 is 0 Å². The zero-order chi connectivity index (χ0) is 15.6. The van der Waals surface area contributed by atoms with Gasteiger partial charge in [-0.3, -0.25) is 9.69 Å². The number of nitrogens with one attached hydrogen (secondary N) is 1. The lowest BCUT2D eigenvalue weighted by molar-refractivity contribution is -0.120. The van der Waals surface area contributed by atoms with Gasteiger partial charge in [-0.15, -0.1) is 0 Å². The van der Waals surface area contributed by atoms with Gasteiger partial charge in [0.15, 0.2) is 0 Å². The molecular weight excluding hydrogens is 262 g/mol. The minimum absolute atomic E-state index is 0.0623. The maximum Gasteiger partial charge on any atom is 0.241 e. The summed E-state index contributed by atoms with van der Waals surface area (Å²) in [6.07, 6.45) is 1.19. The second-order valence-electron chi connectivity index (χ2n) is 6.53. The van der Waals surface area contributed by atoms with Crippen molar-refractivity contribution in [2.45, 2.75) is 40.2 Å². The Hall–Kier alpha value is -1.55. The average molecular weight is 289 g/mol. The fraction of sp³-hybridized carbons (Fsp3) is 0.588. The summed E-state index contributed by atoms with van der Waals surface area (Å²) in [6, 6.07) is 5.48. The van der Waals surface area contributed by atoms with Gasteiger partial charge in [0.2, 0.25) is 5.91 Å². The molecule has 3 N–H and O–H groups in total. The van der Waals surface area contributed by atoms with E-state index < -0.39 is 0 Å². The Bertz CT molecular complexity index is 513. The van der Waals surface area contributed by atoms with Crippen LogP contribution in [0.2, 0.25) is 0 Å². The smallest absolute Gasteiger partial charge is 0.241 e. The van der Waals surface area contributed by atoms with E-state index in [2.05, 4.69) is 24.1 Å². The van der Waals surface area contributed by atoms with E-state index in [9.17, 15) is 4.79 Å². The number of benzene rings is 1. The van der Waals surface area contributed by atoms with Crippen molar-refractivity contribution in [3.8, 4) is 0 Å². The lowest BCUT2D eigenvalue weighted by Crippen LogP contribution is -2.41. The summed E-state index contributed by atoms with van der Waals surface area (Å²) in [7, 11) is 0. The Morgan fingerprint density at radius 1 is 1.38 bits per heavy atom. The molecule has 1 aliphatic rings. The Morgan fingerprint density at radius 3 is 2.67 bits per heavy atom. The SMILES string of the molecule is Cc1cc(N)ccc1NC(=O)C(C)N1CCC(C(C)C)C1. The Labute approximate surface area is 127 Å². The van der Waals surface area contributed by atoms with E-state index in [1.807, 2.05) is 32.0 Å². The third kappa shape index (κ3) is 3.76. The maximum absolute atomic E-state index is 12.4. The van der Waals surface area contributed by atoms with Gasteiger partial charge in [-0.2, -0.15) is 0 Å². The number of carbonyl (C=O) groups excluding carboxylic acids is 1. The number of nitrogens with two attached hydrogens (primary N) is 1. The number of amides is 1. The summed E-state index contributed by atoms with van der Waals surface area (Å²) < 4.78 is 0. The van der Waals surface area contributed by atoms with Crippen LogP contribution < -0.4 is 11.1 Å². The van der Waals surface area contributed by atoms with Crippen molar-refractivity contribution in [1.82, 2.24) is 4.90 Å². The van der Waals surface area contributed by atoms with E-state index >= 15 is 0 Å². The molecule has 0 aromatic heterocycles. The van der Waals surface area contributed by atoms with Gasteiger partial charge in [0.05, 0.1) is 6.04 Å². The fourth-order valence-electron chi connectivity index (χ4n) is 2.94. The molecule has 0 spiro atoms. The van der Waals surface area contributed by atoms with Gasteiger partial charge in [-0.1, -0.05) is 13.8 Å². The van der Waals surface area contributed by atoms with E-state index in [1.54, 1.807) is 0 Å². The molecule has 1 aromatic rings. The molecule has 1 saturated heterocycles. The van der Waals surface area contributed by atoms with Crippen LogP contribution in [0.4, 0.5) is 11.4 Å². The largest absolute Gasteiger partial charge is 0.399 e. The average Bonchev–Trinajstić information content (AvgIpc) is 2.90. The van der Waals surface area contributed by atoms with Crippen molar-refractivity contribution in [2.75, 3.05) is 24.1 Å². The molecule has 1 amide bonds. The van der Waals surface area contributed by atoms with Gasteiger partial charge in [-0.05, 0) is 62.4 Å². The van der Waals surface area contributed by atoms with Gasteiger partial charge in [-0.25, -0.2) is 0 Å². The van der Waals surface area contributed by atoms with Crippen LogP contribution in [-0.4, -0.2) is 29.9 Å². The quantitative estimate of drug-likeness (QED) is 0.838. The minimum Gasteiger partial charge on any atom is -0.399 e. The molecule has 4 nitrogen and oxygen atoms in total. The van der Waals surface area contributed by atoms with Crippen molar-refractivity contribution in [3.63, 3.8) is 0 Å². The number of aryl methyl sites for hydroxylation is 1. The maximum atomic E-state index is 12.4. The number of hydrogen-bond acceptors (Lipinski definition) is 3. The summed E-state index contributed by atoms with van der Waals surface area (Å²) in [5.74, 6) is 1.45.